The summed E-state index contributed by atoms with van der Waals surface area (Å²) in [6.07, 6.45) is -3.62. The molecule has 1 amide bonds. The molecule has 2 atom stereocenters. The van der Waals surface area contributed by atoms with E-state index in [0.29, 0.717) is 18.9 Å². The number of alkyl halides is 3. The van der Waals surface area contributed by atoms with Crippen LogP contribution < -0.4 is 5.32 Å². The molecular weight excluding hydrogens is 281 g/mol. The van der Waals surface area contributed by atoms with E-state index in [1.165, 1.54) is 0 Å². The minimum Gasteiger partial charge on any atom is -0.326 e. The van der Waals surface area contributed by atoms with Crippen LogP contribution in [0.3, 0.4) is 0 Å². The van der Waals surface area contributed by atoms with E-state index < -0.39 is 12.6 Å². The standard InChI is InChI=1S/C15H27F3N2O/c1-10(2)9-12-19-13(11(3)4)14(21)20(12)8-6-5-7-15(16,17)18/h10-13,19H,5-9H2,1-4H3. The van der Waals surface area contributed by atoms with Gasteiger partial charge in [-0.2, -0.15) is 13.2 Å². The van der Waals surface area contributed by atoms with Crippen molar-refractivity contribution in [2.24, 2.45) is 11.8 Å². The fourth-order valence-electron chi connectivity index (χ4n) is 2.69. The third kappa shape index (κ3) is 5.85. The number of hydrogen-bond donors (Lipinski definition) is 1. The van der Waals surface area contributed by atoms with Crippen LogP contribution in [0.5, 0.6) is 0 Å². The molecule has 1 aliphatic rings. The zero-order chi connectivity index (χ0) is 16.2. The molecule has 1 fully saturated rings. The lowest BCUT2D eigenvalue weighted by atomic mass is 10.0. The average molecular weight is 308 g/mol. The Kier molecular flexibility index (Phi) is 6.50. The number of carbonyl (C=O) groups excluding carboxylic acids is 1. The third-order valence-corrected chi connectivity index (χ3v) is 3.77. The summed E-state index contributed by atoms with van der Waals surface area (Å²) in [5, 5.41) is 3.33. The summed E-state index contributed by atoms with van der Waals surface area (Å²) in [5.41, 5.74) is 0. The van der Waals surface area contributed by atoms with Crippen LogP contribution in [0, 0.1) is 11.8 Å². The maximum Gasteiger partial charge on any atom is 0.389 e. The van der Waals surface area contributed by atoms with E-state index in [4.69, 9.17) is 0 Å². The number of unbranched alkanes of at least 4 members (excludes halogenated alkanes) is 1. The summed E-state index contributed by atoms with van der Waals surface area (Å²) in [6.45, 7) is 8.53. The summed E-state index contributed by atoms with van der Waals surface area (Å²) in [6, 6.07) is -0.212. The van der Waals surface area contributed by atoms with E-state index in [9.17, 15) is 18.0 Å². The van der Waals surface area contributed by atoms with Gasteiger partial charge >= 0.3 is 6.18 Å². The van der Waals surface area contributed by atoms with E-state index >= 15 is 0 Å². The van der Waals surface area contributed by atoms with E-state index in [1.54, 1.807) is 4.90 Å². The minimum atomic E-state index is -4.11. The lowest BCUT2D eigenvalue weighted by Crippen LogP contribution is -2.39. The maximum absolute atomic E-state index is 12.4. The van der Waals surface area contributed by atoms with Gasteiger partial charge in [0, 0.05) is 13.0 Å². The van der Waals surface area contributed by atoms with Crippen LogP contribution in [0.15, 0.2) is 0 Å². The molecule has 3 nitrogen and oxygen atoms in total. The lowest BCUT2D eigenvalue weighted by Gasteiger charge is -2.25. The molecule has 0 aromatic heterocycles. The highest BCUT2D eigenvalue weighted by atomic mass is 19.4. The number of hydrogen-bond acceptors (Lipinski definition) is 2. The van der Waals surface area contributed by atoms with Gasteiger partial charge in [0.05, 0.1) is 12.2 Å². The Hall–Kier alpha value is -0.780. The monoisotopic (exact) mass is 308 g/mol. The second-order valence-corrected chi connectivity index (χ2v) is 6.64. The molecule has 1 aliphatic heterocycles. The first-order chi connectivity index (χ1) is 9.61. The topological polar surface area (TPSA) is 32.3 Å². The molecule has 0 aromatic rings. The number of halogens is 3. The molecule has 124 valence electrons. The highest BCUT2D eigenvalue weighted by Gasteiger charge is 2.40. The fraction of sp³-hybridized carbons (Fsp3) is 0.933. The van der Waals surface area contributed by atoms with Crippen molar-refractivity contribution in [1.82, 2.24) is 10.2 Å². The quantitative estimate of drug-likeness (QED) is 0.730. The molecule has 1 N–H and O–H groups in total. The molecule has 2 unspecified atom stereocenters. The van der Waals surface area contributed by atoms with Crippen LogP contribution in [0.2, 0.25) is 0 Å². The van der Waals surface area contributed by atoms with Crippen molar-refractivity contribution in [3.8, 4) is 0 Å². The molecular formula is C15H27F3N2O. The number of rotatable bonds is 7. The maximum atomic E-state index is 12.4. The molecule has 0 spiro atoms. The first-order valence-corrected chi connectivity index (χ1v) is 7.75. The summed E-state index contributed by atoms with van der Waals surface area (Å²) < 4.78 is 36.5. The van der Waals surface area contributed by atoms with Gasteiger partial charge in [0.25, 0.3) is 0 Å². The van der Waals surface area contributed by atoms with Gasteiger partial charge in [-0.1, -0.05) is 27.7 Å². The van der Waals surface area contributed by atoms with Gasteiger partial charge in [-0.3, -0.25) is 10.1 Å². The minimum absolute atomic E-state index is 0.0302. The fourth-order valence-corrected chi connectivity index (χ4v) is 2.69. The van der Waals surface area contributed by atoms with Crippen LogP contribution in [0.4, 0.5) is 13.2 Å². The Morgan fingerprint density at radius 1 is 1.19 bits per heavy atom. The second-order valence-electron chi connectivity index (χ2n) is 6.64. The molecule has 0 aliphatic carbocycles. The van der Waals surface area contributed by atoms with Crippen LogP contribution in [0.25, 0.3) is 0 Å². The van der Waals surface area contributed by atoms with Gasteiger partial charge in [0.2, 0.25) is 5.91 Å². The SMILES string of the molecule is CC(C)CC1NC(C(C)C)C(=O)N1CCCCC(F)(F)F. The first kappa shape index (κ1) is 18.3. The van der Waals surface area contributed by atoms with Crippen molar-refractivity contribution >= 4 is 5.91 Å². The Bertz CT molecular complexity index is 342. The second kappa shape index (κ2) is 7.47. The van der Waals surface area contributed by atoms with Crippen molar-refractivity contribution in [3.05, 3.63) is 0 Å². The summed E-state index contributed by atoms with van der Waals surface area (Å²) in [5.74, 6) is 0.647. The van der Waals surface area contributed by atoms with Gasteiger partial charge in [0.1, 0.15) is 0 Å². The van der Waals surface area contributed by atoms with Gasteiger partial charge in [-0.15, -0.1) is 0 Å². The molecule has 1 heterocycles. The van der Waals surface area contributed by atoms with Crippen molar-refractivity contribution in [2.45, 2.75) is 71.8 Å². The van der Waals surface area contributed by atoms with E-state index in [-0.39, 0.29) is 30.5 Å². The molecule has 1 saturated heterocycles. The molecule has 0 aromatic carbocycles. The Morgan fingerprint density at radius 2 is 1.81 bits per heavy atom. The zero-order valence-corrected chi connectivity index (χ0v) is 13.3. The smallest absolute Gasteiger partial charge is 0.326 e. The predicted molar refractivity (Wildman–Crippen MR) is 76.6 cm³/mol. The highest BCUT2D eigenvalue weighted by molar-refractivity contribution is 5.84. The molecule has 0 radical (unpaired) electrons. The van der Waals surface area contributed by atoms with Crippen LogP contribution in [-0.2, 0) is 4.79 Å². The number of nitrogens with one attached hydrogen (secondary N) is 1. The van der Waals surface area contributed by atoms with Crippen LogP contribution in [-0.4, -0.2) is 35.7 Å². The molecule has 21 heavy (non-hydrogen) atoms. The van der Waals surface area contributed by atoms with E-state index in [2.05, 4.69) is 19.2 Å². The number of carbonyl (C=O) groups is 1. The number of amides is 1. The molecule has 0 saturated carbocycles. The third-order valence-electron chi connectivity index (χ3n) is 3.77. The molecule has 0 bridgehead atoms. The predicted octanol–water partition coefficient (Wildman–Crippen LogP) is 3.55. The Morgan fingerprint density at radius 3 is 2.29 bits per heavy atom. The van der Waals surface area contributed by atoms with Gasteiger partial charge < -0.3 is 4.90 Å². The normalized spacial score (nSPS) is 23.7. The van der Waals surface area contributed by atoms with Crippen LogP contribution in [0.1, 0.15) is 53.4 Å². The van der Waals surface area contributed by atoms with Crippen molar-refractivity contribution < 1.29 is 18.0 Å². The van der Waals surface area contributed by atoms with Crippen LogP contribution >= 0.6 is 0 Å². The van der Waals surface area contributed by atoms with Gasteiger partial charge in [-0.05, 0) is 31.1 Å². The Labute approximate surface area is 125 Å². The van der Waals surface area contributed by atoms with Crippen molar-refractivity contribution in [2.75, 3.05) is 6.54 Å². The number of nitrogens with zero attached hydrogens (tertiary/aromatic N) is 1. The van der Waals surface area contributed by atoms with E-state index in [0.717, 1.165) is 6.42 Å². The highest BCUT2D eigenvalue weighted by Crippen LogP contribution is 2.25. The largest absolute Gasteiger partial charge is 0.389 e. The Balaban J connectivity index is 2.56. The molecule has 1 rings (SSSR count). The van der Waals surface area contributed by atoms with Crippen molar-refractivity contribution in [1.29, 1.82) is 0 Å². The lowest BCUT2D eigenvalue weighted by molar-refractivity contribution is -0.136. The van der Waals surface area contributed by atoms with Gasteiger partial charge in [0.15, 0.2) is 0 Å². The average Bonchev–Trinajstić information content (AvgIpc) is 2.60. The summed E-state index contributed by atoms with van der Waals surface area (Å²) in [7, 11) is 0. The molecule has 6 heteroatoms. The van der Waals surface area contributed by atoms with Gasteiger partial charge in [-0.25, -0.2) is 0 Å². The first-order valence-electron chi connectivity index (χ1n) is 7.75. The summed E-state index contributed by atoms with van der Waals surface area (Å²) in [4.78, 5) is 14.1. The van der Waals surface area contributed by atoms with Crippen molar-refractivity contribution in [3.63, 3.8) is 0 Å². The van der Waals surface area contributed by atoms with E-state index in [1.807, 2.05) is 13.8 Å². The summed E-state index contributed by atoms with van der Waals surface area (Å²) >= 11 is 0. The zero-order valence-electron chi connectivity index (χ0n) is 13.3.